The molecule has 0 saturated carbocycles. The van der Waals surface area contributed by atoms with Crippen molar-refractivity contribution >= 4 is 34.7 Å². The Morgan fingerprint density at radius 2 is 1.89 bits per heavy atom. The molecule has 1 fully saturated rings. The van der Waals surface area contributed by atoms with Crippen LogP contribution >= 0.6 is 11.6 Å². The largest absolute Gasteiger partial charge is 0.444 e. The number of alkyl carbamates (subject to hydrolysis) is 1. The molecule has 146 valence electrons. The predicted molar refractivity (Wildman–Crippen MR) is 106 cm³/mol. The zero-order valence-corrected chi connectivity index (χ0v) is 17.2. The van der Waals surface area contributed by atoms with Gasteiger partial charge in [0.05, 0.1) is 5.69 Å². The Hall–Kier alpha value is -2.15. The first-order valence-corrected chi connectivity index (χ1v) is 9.49. The average molecular weight is 392 g/mol. The molecule has 1 amide bonds. The van der Waals surface area contributed by atoms with Crippen molar-refractivity contribution in [1.82, 2.24) is 20.3 Å². The van der Waals surface area contributed by atoms with Crippen molar-refractivity contribution in [2.75, 3.05) is 18.0 Å². The summed E-state index contributed by atoms with van der Waals surface area (Å²) in [7, 11) is 0. The van der Waals surface area contributed by atoms with Crippen LogP contribution < -0.4 is 10.2 Å². The molecular formula is C19H26ClN5O2. The molecule has 1 saturated heterocycles. The van der Waals surface area contributed by atoms with Crippen molar-refractivity contribution in [3.8, 4) is 0 Å². The fourth-order valence-electron chi connectivity index (χ4n) is 3.18. The standard InChI is InChI=1S/C19H26ClN5O2/c1-12-16(22-13-6-7-14(20)23-15(13)21-12)25-10-8-19(5,9-11-25)24-17(26)27-18(2,3)4/h6-7H,8-11H2,1-5H3,(H,24,26). The Morgan fingerprint density at radius 3 is 2.52 bits per heavy atom. The van der Waals surface area contributed by atoms with Crippen LogP contribution in [0.5, 0.6) is 0 Å². The summed E-state index contributed by atoms with van der Waals surface area (Å²) in [5.41, 5.74) is 1.29. The van der Waals surface area contributed by atoms with Crippen LogP contribution in [0, 0.1) is 6.92 Å². The number of rotatable bonds is 2. The van der Waals surface area contributed by atoms with Gasteiger partial charge < -0.3 is 15.0 Å². The zero-order valence-electron chi connectivity index (χ0n) is 16.5. The molecule has 2 aromatic rings. The minimum absolute atomic E-state index is 0.300. The lowest BCUT2D eigenvalue weighted by molar-refractivity contribution is 0.0448. The molecule has 3 heterocycles. The first-order valence-electron chi connectivity index (χ1n) is 9.12. The molecule has 0 bridgehead atoms. The summed E-state index contributed by atoms with van der Waals surface area (Å²) >= 11 is 5.94. The molecule has 7 nitrogen and oxygen atoms in total. The third-order valence-electron chi connectivity index (χ3n) is 4.61. The lowest BCUT2D eigenvalue weighted by atomic mass is 9.89. The number of piperidine rings is 1. The summed E-state index contributed by atoms with van der Waals surface area (Å²) in [5, 5.41) is 3.43. The van der Waals surface area contributed by atoms with Crippen LogP contribution in [0.1, 0.15) is 46.2 Å². The number of nitrogens with one attached hydrogen (secondary N) is 1. The number of fused-ring (bicyclic) bond motifs is 1. The van der Waals surface area contributed by atoms with Crippen molar-refractivity contribution in [3.63, 3.8) is 0 Å². The molecule has 0 spiro atoms. The molecule has 2 aromatic heterocycles. The Kier molecular flexibility index (Phi) is 5.16. The van der Waals surface area contributed by atoms with Crippen molar-refractivity contribution < 1.29 is 9.53 Å². The van der Waals surface area contributed by atoms with E-state index in [0.717, 1.165) is 43.0 Å². The summed E-state index contributed by atoms with van der Waals surface area (Å²) in [5.74, 6) is 0.853. The van der Waals surface area contributed by atoms with Crippen LogP contribution in [0.4, 0.5) is 10.6 Å². The monoisotopic (exact) mass is 391 g/mol. The summed E-state index contributed by atoms with van der Waals surface area (Å²) in [4.78, 5) is 27.8. The van der Waals surface area contributed by atoms with Gasteiger partial charge in [-0.25, -0.2) is 19.7 Å². The first-order chi connectivity index (χ1) is 12.5. The summed E-state index contributed by atoms with van der Waals surface area (Å²) in [6.45, 7) is 11.1. The first kappa shape index (κ1) is 19.6. The van der Waals surface area contributed by atoms with E-state index >= 15 is 0 Å². The molecule has 1 aliphatic heterocycles. The smallest absolute Gasteiger partial charge is 0.408 e. The molecule has 1 aliphatic rings. The van der Waals surface area contributed by atoms with Gasteiger partial charge in [0.25, 0.3) is 0 Å². The average Bonchev–Trinajstić information content (AvgIpc) is 2.53. The van der Waals surface area contributed by atoms with Gasteiger partial charge in [-0.05, 0) is 59.6 Å². The van der Waals surface area contributed by atoms with Crippen LogP contribution in [0.2, 0.25) is 5.15 Å². The van der Waals surface area contributed by atoms with Gasteiger partial charge in [0.1, 0.15) is 16.3 Å². The highest BCUT2D eigenvalue weighted by Gasteiger charge is 2.34. The lowest BCUT2D eigenvalue weighted by Gasteiger charge is -2.40. The van der Waals surface area contributed by atoms with Crippen LogP contribution in [-0.4, -0.2) is 45.3 Å². The molecule has 0 aromatic carbocycles. The second-order valence-electron chi connectivity index (χ2n) is 8.28. The van der Waals surface area contributed by atoms with E-state index in [4.69, 9.17) is 21.3 Å². The number of halogens is 1. The third kappa shape index (κ3) is 4.77. The van der Waals surface area contributed by atoms with Gasteiger partial charge in [-0.15, -0.1) is 0 Å². The van der Waals surface area contributed by atoms with Gasteiger partial charge in [-0.1, -0.05) is 11.6 Å². The number of hydrogen-bond acceptors (Lipinski definition) is 6. The van der Waals surface area contributed by atoms with Gasteiger partial charge in [-0.2, -0.15) is 0 Å². The van der Waals surface area contributed by atoms with Gasteiger partial charge >= 0.3 is 6.09 Å². The number of carbonyl (C=O) groups excluding carboxylic acids is 1. The number of ether oxygens (including phenoxy) is 1. The van der Waals surface area contributed by atoms with E-state index in [1.165, 1.54) is 0 Å². The Bertz CT molecular complexity index is 857. The Morgan fingerprint density at radius 1 is 1.22 bits per heavy atom. The quantitative estimate of drug-likeness (QED) is 0.782. The van der Waals surface area contributed by atoms with Crippen LogP contribution in [0.15, 0.2) is 12.1 Å². The van der Waals surface area contributed by atoms with Crippen LogP contribution in [-0.2, 0) is 4.74 Å². The van der Waals surface area contributed by atoms with Crippen molar-refractivity contribution in [2.45, 2.75) is 58.6 Å². The van der Waals surface area contributed by atoms with Gasteiger partial charge in [0.15, 0.2) is 11.5 Å². The van der Waals surface area contributed by atoms with Gasteiger partial charge in [0.2, 0.25) is 0 Å². The lowest BCUT2D eigenvalue weighted by Crippen LogP contribution is -2.54. The zero-order chi connectivity index (χ0) is 19.8. The molecule has 0 aliphatic carbocycles. The minimum atomic E-state index is -0.504. The molecule has 0 radical (unpaired) electrons. The highest BCUT2D eigenvalue weighted by atomic mass is 35.5. The molecule has 8 heteroatoms. The molecule has 3 rings (SSSR count). The maximum Gasteiger partial charge on any atom is 0.408 e. The van der Waals surface area contributed by atoms with Crippen LogP contribution in [0.25, 0.3) is 11.2 Å². The van der Waals surface area contributed by atoms with E-state index in [1.807, 2.05) is 33.8 Å². The van der Waals surface area contributed by atoms with Crippen LogP contribution in [0.3, 0.4) is 0 Å². The summed E-state index contributed by atoms with van der Waals surface area (Å²) in [6, 6.07) is 3.55. The predicted octanol–water partition coefficient (Wildman–Crippen LogP) is 3.87. The molecule has 0 unspecified atom stereocenters. The van der Waals surface area contributed by atoms with E-state index in [9.17, 15) is 4.79 Å². The van der Waals surface area contributed by atoms with Crippen molar-refractivity contribution in [1.29, 1.82) is 0 Å². The second-order valence-corrected chi connectivity index (χ2v) is 8.67. The van der Waals surface area contributed by atoms with E-state index in [0.29, 0.717) is 10.8 Å². The minimum Gasteiger partial charge on any atom is -0.444 e. The number of carbonyl (C=O) groups is 1. The van der Waals surface area contributed by atoms with E-state index in [1.54, 1.807) is 6.07 Å². The third-order valence-corrected chi connectivity index (χ3v) is 4.82. The highest BCUT2D eigenvalue weighted by molar-refractivity contribution is 6.29. The summed E-state index contributed by atoms with van der Waals surface area (Å²) < 4.78 is 5.39. The summed E-state index contributed by atoms with van der Waals surface area (Å²) in [6.07, 6.45) is 1.22. The topological polar surface area (TPSA) is 80.2 Å². The number of nitrogens with zero attached hydrogens (tertiary/aromatic N) is 4. The second kappa shape index (κ2) is 7.11. The fourth-order valence-corrected chi connectivity index (χ4v) is 3.32. The van der Waals surface area contributed by atoms with E-state index in [-0.39, 0.29) is 11.6 Å². The fraction of sp³-hybridized carbons (Fsp3) is 0.579. The number of amides is 1. The maximum atomic E-state index is 12.1. The molecular weight excluding hydrogens is 366 g/mol. The molecule has 0 atom stereocenters. The van der Waals surface area contributed by atoms with E-state index in [2.05, 4.69) is 27.1 Å². The number of aromatic nitrogens is 3. The number of hydrogen-bond donors (Lipinski definition) is 1. The SMILES string of the molecule is Cc1nc2nc(Cl)ccc2nc1N1CCC(C)(NC(=O)OC(C)(C)C)CC1. The Labute approximate surface area is 164 Å². The highest BCUT2D eigenvalue weighted by Crippen LogP contribution is 2.28. The number of pyridine rings is 1. The number of anilines is 1. The van der Waals surface area contributed by atoms with Crippen molar-refractivity contribution in [3.05, 3.63) is 23.0 Å². The number of aryl methyl sites for hydroxylation is 1. The maximum absolute atomic E-state index is 12.1. The normalized spacial score (nSPS) is 17.0. The molecule has 1 N–H and O–H groups in total. The Balaban J connectivity index is 1.70. The molecule has 27 heavy (non-hydrogen) atoms. The van der Waals surface area contributed by atoms with Gasteiger partial charge in [-0.3, -0.25) is 0 Å². The van der Waals surface area contributed by atoms with Gasteiger partial charge in [0, 0.05) is 18.6 Å². The van der Waals surface area contributed by atoms with Crippen molar-refractivity contribution in [2.24, 2.45) is 0 Å². The van der Waals surface area contributed by atoms with E-state index < -0.39 is 5.60 Å².